The topological polar surface area (TPSA) is 84.2 Å². The predicted molar refractivity (Wildman–Crippen MR) is 86.2 cm³/mol. The van der Waals surface area contributed by atoms with E-state index >= 15 is 0 Å². The Hall–Kier alpha value is -1.99. The van der Waals surface area contributed by atoms with Crippen LogP contribution in [0.5, 0.6) is 0 Å². The molecular formula is C14H15N3O2S2. The van der Waals surface area contributed by atoms with E-state index in [-0.39, 0.29) is 17.6 Å². The molecule has 1 aromatic heterocycles. The number of nitrogens with two attached hydrogens (primary N) is 1. The van der Waals surface area contributed by atoms with Gasteiger partial charge in [-0.2, -0.15) is 0 Å². The number of carbonyl (C=O) groups is 2. The molecule has 0 radical (unpaired) electrons. The number of hydrogen-bond acceptors (Lipinski definition) is 5. The van der Waals surface area contributed by atoms with Gasteiger partial charge in [-0.05, 0) is 30.0 Å². The van der Waals surface area contributed by atoms with Gasteiger partial charge < -0.3 is 5.73 Å². The summed E-state index contributed by atoms with van der Waals surface area (Å²) in [6.07, 6.45) is 0. The molecule has 110 valence electrons. The summed E-state index contributed by atoms with van der Waals surface area (Å²) in [6, 6.07) is 9.14. The van der Waals surface area contributed by atoms with Crippen molar-refractivity contribution in [1.82, 2.24) is 10.9 Å². The van der Waals surface area contributed by atoms with Gasteiger partial charge in [-0.1, -0.05) is 18.2 Å². The van der Waals surface area contributed by atoms with Crippen molar-refractivity contribution >= 4 is 40.6 Å². The molecule has 0 aliphatic carbocycles. The van der Waals surface area contributed by atoms with Crippen molar-refractivity contribution in [3.8, 4) is 0 Å². The van der Waals surface area contributed by atoms with Crippen LogP contribution in [-0.4, -0.2) is 17.6 Å². The molecule has 0 aliphatic rings. The van der Waals surface area contributed by atoms with E-state index in [0.29, 0.717) is 10.6 Å². The van der Waals surface area contributed by atoms with Crippen LogP contribution in [0.15, 0.2) is 40.6 Å². The molecule has 0 saturated heterocycles. The summed E-state index contributed by atoms with van der Waals surface area (Å²) in [4.78, 5) is 24.7. The Balaban J connectivity index is 1.80. The van der Waals surface area contributed by atoms with Crippen LogP contribution in [0.3, 0.4) is 0 Å². The van der Waals surface area contributed by atoms with E-state index in [1.807, 2.05) is 25.1 Å². The van der Waals surface area contributed by atoms with Gasteiger partial charge in [0.2, 0.25) is 5.91 Å². The maximum atomic E-state index is 11.7. The molecule has 0 atom stereocenters. The van der Waals surface area contributed by atoms with Crippen LogP contribution in [0.4, 0.5) is 5.69 Å². The largest absolute Gasteiger partial charge is 0.398 e. The number of thiophene rings is 1. The van der Waals surface area contributed by atoms with Crippen molar-refractivity contribution in [3.05, 3.63) is 46.2 Å². The Morgan fingerprint density at radius 2 is 2.05 bits per heavy atom. The molecular weight excluding hydrogens is 306 g/mol. The van der Waals surface area contributed by atoms with Crippen molar-refractivity contribution in [2.75, 3.05) is 11.5 Å². The standard InChI is InChI=1S/C14H15N3O2S2/c1-9-4-2-5-10(13(9)15)21-8-12(18)16-17-14(19)11-6-3-7-20-11/h2-7H,8,15H2,1H3,(H,16,18)(H,17,19). The lowest BCUT2D eigenvalue weighted by molar-refractivity contribution is -0.119. The number of nitrogen functional groups attached to an aromatic ring is 1. The summed E-state index contributed by atoms with van der Waals surface area (Å²) in [6.45, 7) is 1.92. The van der Waals surface area contributed by atoms with Gasteiger partial charge in [0.05, 0.1) is 10.6 Å². The first kappa shape index (κ1) is 15.4. The molecule has 2 rings (SSSR count). The number of aryl methyl sites for hydroxylation is 1. The van der Waals surface area contributed by atoms with E-state index in [1.165, 1.54) is 23.1 Å². The minimum Gasteiger partial charge on any atom is -0.398 e. The average molecular weight is 321 g/mol. The minimum atomic E-state index is -0.321. The van der Waals surface area contributed by atoms with Gasteiger partial charge in [-0.15, -0.1) is 23.1 Å². The molecule has 21 heavy (non-hydrogen) atoms. The highest BCUT2D eigenvalue weighted by molar-refractivity contribution is 8.00. The lowest BCUT2D eigenvalue weighted by Crippen LogP contribution is -2.42. The van der Waals surface area contributed by atoms with E-state index in [9.17, 15) is 9.59 Å². The summed E-state index contributed by atoms with van der Waals surface area (Å²) in [5.41, 5.74) is 12.3. The van der Waals surface area contributed by atoms with Crippen LogP contribution in [0.25, 0.3) is 0 Å². The maximum Gasteiger partial charge on any atom is 0.279 e. The Kier molecular flexibility index (Phi) is 5.24. The zero-order chi connectivity index (χ0) is 15.2. The van der Waals surface area contributed by atoms with Gasteiger partial charge in [-0.25, -0.2) is 0 Å². The third-order valence-electron chi connectivity index (χ3n) is 2.70. The third kappa shape index (κ3) is 4.24. The van der Waals surface area contributed by atoms with Crippen molar-refractivity contribution in [2.45, 2.75) is 11.8 Å². The van der Waals surface area contributed by atoms with E-state index < -0.39 is 0 Å². The van der Waals surface area contributed by atoms with Gasteiger partial charge in [0.1, 0.15) is 0 Å². The first-order valence-electron chi connectivity index (χ1n) is 6.18. The fraction of sp³-hybridized carbons (Fsp3) is 0.143. The second-order valence-corrected chi connectivity index (χ2v) is 6.22. The Morgan fingerprint density at radius 3 is 2.76 bits per heavy atom. The number of benzene rings is 1. The van der Waals surface area contributed by atoms with E-state index in [2.05, 4.69) is 10.9 Å². The molecule has 0 fully saturated rings. The van der Waals surface area contributed by atoms with Crippen LogP contribution in [0.2, 0.25) is 0 Å². The maximum absolute atomic E-state index is 11.7. The van der Waals surface area contributed by atoms with Crippen molar-refractivity contribution in [1.29, 1.82) is 0 Å². The number of carbonyl (C=O) groups excluding carboxylic acids is 2. The van der Waals surface area contributed by atoms with Crippen LogP contribution in [0, 0.1) is 6.92 Å². The van der Waals surface area contributed by atoms with Gasteiger partial charge in [-0.3, -0.25) is 20.4 Å². The molecule has 0 spiro atoms. The van der Waals surface area contributed by atoms with Gasteiger partial charge >= 0.3 is 0 Å². The number of hydrazine groups is 1. The molecule has 2 aromatic rings. The monoisotopic (exact) mass is 321 g/mol. The summed E-state index contributed by atoms with van der Waals surface area (Å²) >= 11 is 2.64. The lowest BCUT2D eigenvalue weighted by Gasteiger charge is -2.08. The summed E-state index contributed by atoms with van der Waals surface area (Å²) in [5, 5.41) is 1.80. The molecule has 1 aromatic carbocycles. The molecule has 0 bridgehead atoms. The number of anilines is 1. The number of rotatable bonds is 4. The molecule has 4 N–H and O–H groups in total. The quantitative estimate of drug-likeness (QED) is 0.458. The van der Waals surface area contributed by atoms with Crippen molar-refractivity contribution in [3.63, 3.8) is 0 Å². The molecule has 5 nitrogen and oxygen atoms in total. The van der Waals surface area contributed by atoms with Gasteiger partial charge in [0.15, 0.2) is 0 Å². The predicted octanol–water partition coefficient (Wildman–Crippen LogP) is 2.19. The zero-order valence-corrected chi connectivity index (χ0v) is 13.0. The minimum absolute atomic E-state index is 0.179. The molecule has 0 unspecified atom stereocenters. The molecule has 2 amide bonds. The first-order chi connectivity index (χ1) is 10.1. The van der Waals surface area contributed by atoms with E-state index in [1.54, 1.807) is 17.5 Å². The van der Waals surface area contributed by atoms with Crippen LogP contribution < -0.4 is 16.6 Å². The first-order valence-corrected chi connectivity index (χ1v) is 8.05. The highest BCUT2D eigenvalue weighted by Gasteiger charge is 2.09. The smallest absolute Gasteiger partial charge is 0.279 e. The van der Waals surface area contributed by atoms with Crippen LogP contribution in [0.1, 0.15) is 15.2 Å². The van der Waals surface area contributed by atoms with Crippen molar-refractivity contribution < 1.29 is 9.59 Å². The Bertz CT molecular complexity index is 642. The number of nitrogens with one attached hydrogen (secondary N) is 2. The zero-order valence-electron chi connectivity index (χ0n) is 11.4. The average Bonchev–Trinajstić information content (AvgIpc) is 3.00. The highest BCUT2D eigenvalue weighted by atomic mass is 32.2. The summed E-state index contributed by atoms with van der Waals surface area (Å²) < 4.78 is 0. The van der Waals surface area contributed by atoms with Gasteiger partial charge in [0.25, 0.3) is 5.91 Å². The normalized spacial score (nSPS) is 10.1. The number of thioether (sulfide) groups is 1. The summed E-state index contributed by atoms with van der Waals surface area (Å²) in [7, 11) is 0. The second-order valence-electron chi connectivity index (χ2n) is 4.25. The number of para-hydroxylation sites is 1. The summed E-state index contributed by atoms with van der Waals surface area (Å²) in [5.74, 6) is -0.428. The SMILES string of the molecule is Cc1cccc(SCC(=O)NNC(=O)c2cccs2)c1N. The number of hydrogen-bond donors (Lipinski definition) is 3. The molecule has 0 saturated carbocycles. The van der Waals surface area contributed by atoms with Crippen molar-refractivity contribution in [2.24, 2.45) is 0 Å². The third-order valence-corrected chi connectivity index (χ3v) is 4.65. The Morgan fingerprint density at radius 1 is 1.24 bits per heavy atom. The van der Waals surface area contributed by atoms with Crippen LogP contribution in [-0.2, 0) is 4.79 Å². The molecule has 0 aliphatic heterocycles. The van der Waals surface area contributed by atoms with E-state index in [4.69, 9.17) is 5.73 Å². The molecule has 7 heteroatoms. The fourth-order valence-electron chi connectivity index (χ4n) is 1.55. The molecule has 1 heterocycles. The second kappa shape index (κ2) is 7.14. The Labute approximate surface area is 130 Å². The fourth-order valence-corrected chi connectivity index (χ4v) is 3.02. The van der Waals surface area contributed by atoms with E-state index in [0.717, 1.165) is 10.5 Å². The lowest BCUT2D eigenvalue weighted by atomic mass is 10.2. The number of amides is 2. The highest BCUT2D eigenvalue weighted by Crippen LogP contribution is 2.26. The van der Waals surface area contributed by atoms with Crippen LogP contribution >= 0.6 is 23.1 Å². The van der Waals surface area contributed by atoms with Gasteiger partial charge in [0, 0.05) is 10.6 Å².